The summed E-state index contributed by atoms with van der Waals surface area (Å²) in [5.41, 5.74) is -10.4. The van der Waals surface area contributed by atoms with Crippen LogP contribution in [0.3, 0.4) is 0 Å². The van der Waals surface area contributed by atoms with Gasteiger partial charge in [-0.3, -0.25) is 19.2 Å². The van der Waals surface area contributed by atoms with E-state index in [1.807, 2.05) is 0 Å². The molecule has 2 aliphatic carbocycles. The highest BCUT2D eigenvalue weighted by molar-refractivity contribution is 7.98. The predicted octanol–water partition coefficient (Wildman–Crippen LogP) is 14.7. The highest BCUT2D eigenvalue weighted by atomic mass is 32.2. The number of aromatic nitrogens is 4. The fourth-order valence-corrected chi connectivity index (χ4v) is 11.1. The van der Waals surface area contributed by atoms with E-state index >= 15 is 4.79 Å². The molecule has 0 aliphatic heterocycles. The summed E-state index contributed by atoms with van der Waals surface area (Å²) in [6, 6.07) is 1.36. The Kier molecular flexibility index (Phi) is 14.4. The fourth-order valence-electron chi connectivity index (χ4n) is 9.26. The first-order chi connectivity index (χ1) is 56.9. The van der Waals surface area contributed by atoms with Gasteiger partial charge >= 0.3 is 12.4 Å². The quantitative estimate of drug-likeness (QED) is 0.0295. The molecule has 12 nitrogen and oxygen atoms in total. The van der Waals surface area contributed by atoms with Crippen LogP contribution in [-0.2, 0) is 85.1 Å². The molecule has 22 heteroatoms. The normalized spacial score (nSPS) is 19.8. The lowest BCUT2D eigenvalue weighted by molar-refractivity contribution is -0.138. The Morgan fingerprint density at radius 1 is 0.547 bits per heavy atom. The van der Waals surface area contributed by atoms with Gasteiger partial charge in [-0.1, -0.05) is 148 Å². The molecular weight excluding hydrogens is 1270 g/mol. The standard InChI is InChI=1S/C37H40F4N4O2S.C36H38F4N4O2S/c1-4-43(5-2)19-20-44(22-26-9-13-28(14-10-26)29-15-18-32(25(3)21-29)37(39,40)41)34(46)23-45-33-8-6-7-31(33)35(47)42-36(45)48-24-27-11-16-30(38)17-12-27;1-3-42(4-2)20-21-43(22-25-8-12-27(13-9-25)28-14-16-29(17-15-28)36(38,39)40)33(45)23-44-32-7-5-6-31(32)34(46)41-35(44)47-24-26-10-18-30(37)19-11-26/h9-18,21H,4-8,19-20,22-24H2,1-3H3;8-19H,3-7,20-24H2,1-2H3/i6D2,7D2,8D2,9D,10D,13D,14D,15D,18D,19D2,20D2,21D,22D2;10D,11D,18D,19D,20D2,21D2,22D2. The maximum Gasteiger partial charge on any atom is 0.416 e. The van der Waals surface area contributed by atoms with E-state index in [-0.39, 0.29) is 77.3 Å². The first-order valence-corrected chi connectivity index (χ1v) is 31.2. The summed E-state index contributed by atoms with van der Waals surface area (Å²) in [6.45, 7) is -17.4. The molecule has 6 aromatic carbocycles. The van der Waals surface area contributed by atoms with Gasteiger partial charge in [-0.15, -0.1) is 0 Å². The van der Waals surface area contributed by atoms with E-state index in [9.17, 15) is 57.7 Å². The number of halogens is 8. The topological polar surface area (TPSA) is 117 Å². The fraction of sp³-hybridized carbons (Fsp3) is 0.370. The number of alkyl halides is 6. The Balaban J connectivity index is 0.000000285. The number of benzene rings is 6. The summed E-state index contributed by atoms with van der Waals surface area (Å²) in [5, 5.41) is -0.831. The van der Waals surface area contributed by atoms with Crippen LogP contribution in [0.2, 0.25) is 0 Å². The second kappa shape index (κ2) is 32.7. The van der Waals surface area contributed by atoms with Crippen LogP contribution in [0, 0.1) is 18.6 Å². The molecule has 502 valence electrons. The molecule has 0 N–H and O–H groups in total. The Bertz CT molecular complexity index is 5520. The van der Waals surface area contributed by atoms with E-state index in [0.717, 1.165) is 52.8 Å². The smallest absolute Gasteiger partial charge is 0.336 e. The maximum absolute atomic E-state index is 15.1. The number of thioether (sulfide) groups is 2. The van der Waals surface area contributed by atoms with Crippen LogP contribution in [0.15, 0.2) is 159 Å². The highest BCUT2D eigenvalue weighted by Crippen LogP contribution is 2.36. The highest BCUT2D eigenvalue weighted by Gasteiger charge is 2.33. The van der Waals surface area contributed by atoms with Crippen molar-refractivity contribution in [3.8, 4) is 22.3 Å². The van der Waals surface area contributed by atoms with Gasteiger partial charge in [-0.05, 0) is 164 Å². The van der Waals surface area contributed by atoms with E-state index in [0.29, 0.717) is 45.1 Å². The van der Waals surface area contributed by atoms with Crippen LogP contribution in [0.4, 0.5) is 35.1 Å². The van der Waals surface area contributed by atoms with E-state index in [1.54, 1.807) is 13.8 Å². The number of fused-ring (bicyclic) bond motifs is 2. The average molecular weight is 1380 g/mol. The van der Waals surface area contributed by atoms with Crippen LogP contribution >= 0.6 is 23.5 Å². The lowest BCUT2D eigenvalue weighted by atomic mass is 9.98. The zero-order valence-corrected chi connectivity index (χ0v) is 52.9. The van der Waals surface area contributed by atoms with Crippen molar-refractivity contribution >= 4 is 35.3 Å². The molecule has 2 amide bonds. The Morgan fingerprint density at radius 2 is 1.04 bits per heavy atom. The summed E-state index contributed by atoms with van der Waals surface area (Å²) in [4.78, 5) is 65.9. The van der Waals surface area contributed by atoms with Gasteiger partial charge in [-0.2, -0.15) is 36.3 Å². The largest absolute Gasteiger partial charge is 0.416 e. The monoisotopic (exact) mass is 1380 g/mol. The number of amides is 2. The zero-order valence-electron chi connectivity index (χ0n) is 80.3. The molecule has 0 fully saturated rings. The van der Waals surface area contributed by atoms with E-state index in [1.165, 1.54) is 66.9 Å². The van der Waals surface area contributed by atoms with Gasteiger partial charge in [-0.25, -0.2) is 8.78 Å². The molecule has 0 saturated carbocycles. The molecule has 10 rings (SSSR count). The minimum Gasteiger partial charge on any atom is -0.336 e. The van der Waals surface area contributed by atoms with Crippen molar-refractivity contribution in [1.29, 1.82) is 0 Å². The Morgan fingerprint density at radius 3 is 1.59 bits per heavy atom. The summed E-state index contributed by atoms with van der Waals surface area (Å²) in [7, 11) is 0. The summed E-state index contributed by atoms with van der Waals surface area (Å²) in [5.74, 6) is -5.79. The maximum atomic E-state index is 15.1. The van der Waals surface area contributed by atoms with E-state index in [2.05, 4.69) is 9.97 Å². The Hall–Kier alpha value is -7.92. The molecule has 2 aliphatic rings. The van der Waals surface area contributed by atoms with E-state index in [4.69, 9.17) is 31.5 Å². The summed E-state index contributed by atoms with van der Waals surface area (Å²) >= 11 is 1.28. The summed E-state index contributed by atoms with van der Waals surface area (Å²) in [6.07, 6.45) is -19.4. The number of carbonyl (C=O) groups is 2. The third-order valence-corrected chi connectivity index (χ3v) is 16.3. The molecule has 0 radical (unpaired) electrons. The van der Waals surface area contributed by atoms with Crippen molar-refractivity contribution in [1.82, 2.24) is 38.7 Å². The van der Waals surface area contributed by atoms with Crippen molar-refractivity contribution in [2.75, 3.05) is 52.2 Å². The number of carbonyl (C=O) groups excluding carboxylic acids is 2. The number of hydrogen-bond donors (Lipinski definition) is 0. The molecule has 0 spiro atoms. The van der Waals surface area contributed by atoms with Gasteiger partial charge in [0.25, 0.3) is 11.1 Å². The van der Waals surface area contributed by atoms with Crippen LogP contribution < -0.4 is 11.1 Å². The Labute approximate surface area is 598 Å². The van der Waals surface area contributed by atoms with Crippen molar-refractivity contribution in [3.63, 3.8) is 0 Å². The third kappa shape index (κ3) is 19.0. The molecule has 0 bridgehead atoms. The molecule has 0 unspecified atom stereocenters. The van der Waals surface area contributed by atoms with Gasteiger partial charge in [0.05, 0.1) is 37.2 Å². The minimum atomic E-state index is -5.25. The second-order valence-corrected chi connectivity index (χ2v) is 22.5. The molecule has 2 heterocycles. The van der Waals surface area contributed by atoms with Crippen LogP contribution in [-0.4, -0.2) is 103 Å². The zero-order chi connectivity index (χ0) is 93.7. The first-order valence-electron chi connectivity index (χ1n) is 43.7. The second-order valence-electron chi connectivity index (χ2n) is 20.6. The van der Waals surface area contributed by atoms with E-state index < -0.39 is 239 Å². The van der Waals surface area contributed by atoms with Crippen LogP contribution in [0.1, 0.15) is 142 Å². The van der Waals surface area contributed by atoms with Crippen LogP contribution in [0.25, 0.3) is 22.3 Å². The van der Waals surface area contributed by atoms with Crippen LogP contribution in [0.5, 0.6) is 0 Å². The number of hydrogen-bond acceptors (Lipinski definition) is 10. The van der Waals surface area contributed by atoms with Gasteiger partial charge in [0, 0.05) is 86.7 Å². The van der Waals surface area contributed by atoms with Gasteiger partial charge in [0.1, 0.15) is 24.7 Å². The number of nitrogens with zero attached hydrogens (tertiary/aromatic N) is 8. The summed E-state index contributed by atoms with van der Waals surface area (Å²) < 4.78 is 365. The van der Waals surface area contributed by atoms with Crippen molar-refractivity contribution in [3.05, 3.63) is 233 Å². The SMILES string of the molecule is [2H]c1c([2H])c(C([2H])([2H])N(C(=O)Cn2c(SCc3ccc(F)cc3)nc(=O)c3c2C([2H])([2H])C([2H])([2H])C3([2H])[2H])C([2H])([2H])C([2H])([2H])N(CC)CC)c([2H])c([2H])c1-c1c([2H])c([2H])c(C(F)(F)F)c(C)c1[2H].[2H]c1c([2H])c(CSc2nc(=O)c3c(n2CC(=O)N(C([2H])([2H])c2ccc(-c4ccc(C(F)(F)F)cc4)cc2)C([2H])([2H])C([2H])([2H])N(CC)CC)CCC3)c([2H])c([2H])c1F. The number of rotatable bonds is 26. The lowest BCUT2D eigenvalue weighted by Gasteiger charge is -2.28. The first kappa shape index (κ1) is 41.9. The van der Waals surface area contributed by atoms with Gasteiger partial charge in [0.2, 0.25) is 11.8 Å². The molecule has 95 heavy (non-hydrogen) atoms. The predicted molar refractivity (Wildman–Crippen MR) is 358 cm³/mol. The van der Waals surface area contributed by atoms with Crippen molar-refractivity contribution in [2.24, 2.45) is 0 Å². The molecule has 0 atom stereocenters. The molecular formula is C73H78F8N8O4S2. The molecule has 2 aromatic heterocycles. The number of likely N-dealkylation sites (N-methyl/N-ethyl adjacent to an activating group) is 2. The lowest BCUT2D eigenvalue weighted by Crippen LogP contribution is -2.40. The molecule has 8 aromatic rings. The van der Waals surface area contributed by atoms with Gasteiger partial charge < -0.3 is 28.7 Å². The minimum absolute atomic E-state index is 0.0206. The third-order valence-electron chi connectivity index (χ3n) is 14.3. The van der Waals surface area contributed by atoms with Crippen molar-refractivity contribution < 1.29 is 84.5 Å². The van der Waals surface area contributed by atoms with Crippen molar-refractivity contribution in [2.45, 2.75) is 133 Å². The van der Waals surface area contributed by atoms with Gasteiger partial charge in [0.15, 0.2) is 10.3 Å². The molecule has 0 saturated heterocycles. The average Bonchev–Trinajstić information content (AvgIpc) is 1.49.